The molecule has 0 radical (unpaired) electrons. The predicted octanol–water partition coefficient (Wildman–Crippen LogP) is 21.4. The molecule has 10 heteroatoms. The molecule has 2 N–H and O–H groups in total. The van der Waals surface area contributed by atoms with Crippen molar-refractivity contribution in [3.05, 3.63) is 122 Å². The summed E-state index contributed by atoms with van der Waals surface area (Å²) in [4.78, 5) is 37.9. The minimum absolute atomic E-state index is 0.0272. The van der Waals surface area contributed by atoms with Gasteiger partial charge >= 0.3 is 13.8 Å². The fourth-order valence-corrected chi connectivity index (χ4v) is 9.92. The average molecular weight is 1180 g/mol. The molecule has 3 unspecified atom stereocenters. The summed E-state index contributed by atoms with van der Waals surface area (Å²) >= 11 is 0. The van der Waals surface area contributed by atoms with Gasteiger partial charge < -0.3 is 19.4 Å². The lowest BCUT2D eigenvalue weighted by atomic mass is 10.0. The average Bonchev–Trinajstić information content (AvgIpc) is 3.46. The number of unbranched alkanes of at least 4 members (excludes halogenated alkanes) is 26. The molecular weight excluding hydrogens is 1050 g/mol. The summed E-state index contributed by atoms with van der Waals surface area (Å²) in [5.74, 6) is -0.553. The van der Waals surface area contributed by atoms with Gasteiger partial charge in [0.15, 0.2) is 0 Å². The summed E-state index contributed by atoms with van der Waals surface area (Å²) in [5, 5.41) is 3.05. The van der Waals surface area contributed by atoms with Crippen LogP contribution in [0.1, 0.15) is 278 Å². The minimum Gasteiger partial charge on any atom is -0.456 e. The molecule has 0 aliphatic rings. The molecule has 0 spiro atoms. The molecular formula is C73H128N2O7P+. The van der Waals surface area contributed by atoms with Crippen LogP contribution in [-0.4, -0.2) is 74.3 Å². The maximum absolute atomic E-state index is 13.6. The van der Waals surface area contributed by atoms with Crippen LogP contribution in [0.3, 0.4) is 0 Å². The second kappa shape index (κ2) is 61.5. The molecule has 0 saturated carbocycles. The zero-order valence-electron chi connectivity index (χ0n) is 54.4. The number of carbonyl (C=O) groups excluding carboxylic acids is 2. The molecule has 476 valence electrons. The van der Waals surface area contributed by atoms with Crippen LogP contribution in [-0.2, 0) is 27.9 Å². The molecule has 0 aliphatic heterocycles. The molecule has 0 aromatic rings. The quantitative estimate of drug-likeness (QED) is 0.0205. The Hall–Kier alpha value is -3.59. The van der Waals surface area contributed by atoms with Crippen molar-refractivity contribution in [3.8, 4) is 0 Å². The number of carbonyl (C=O) groups is 2. The van der Waals surface area contributed by atoms with E-state index in [1.807, 2.05) is 33.3 Å². The minimum atomic E-state index is -4.47. The molecule has 0 aliphatic carbocycles. The second-order valence-corrected chi connectivity index (χ2v) is 25.1. The lowest BCUT2D eigenvalue weighted by Crippen LogP contribution is -2.47. The summed E-state index contributed by atoms with van der Waals surface area (Å²) in [5.41, 5.74) is 0. The number of rotatable bonds is 60. The van der Waals surface area contributed by atoms with Gasteiger partial charge in [0.25, 0.3) is 0 Å². The number of phosphoric ester groups is 1. The van der Waals surface area contributed by atoms with Gasteiger partial charge in [-0.1, -0.05) is 265 Å². The van der Waals surface area contributed by atoms with Crippen LogP contribution < -0.4 is 5.32 Å². The summed E-state index contributed by atoms with van der Waals surface area (Å²) < 4.78 is 30.8. The Morgan fingerprint density at radius 1 is 0.434 bits per heavy atom. The van der Waals surface area contributed by atoms with E-state index in [-0.39, 0.29) is 31.5 Å². The third kappa shape index (κ3) is 62.8. The highest BCUT2D eigenvalue weighted by Crippen LogP contribution is 2.43. The zero-order valence-corrected chi connectivity index (χ0v) is 55.3. The van der Waals surface area contributed by atoms with E-state index in [4.69, 9.17) is 13.8 Å². The molecule has 0 heterocycles. The molecule has 0 rings (SSSR count). The smallest absolute Gasteiger partial charge is 0.456 e. The molecule has 1 amide bonds. The van der Waals surface area contributed by atoms with Gasteiger partial charge in [-0.05, 0) is 122 Å². The van der Waals surface area contributed by atoms with Gasteiger partial charge in [0, 0.05) is 12.8 Å². The Morgan fingerprint density at radius 3 is 1.19 bits per heavy atom. The first-order chi connectivity index (χ1) is 40.4. The molecule has 83 heavy (non-hydrogen) atoms. The summed E-state index contributed by atoms with van der Waals surface area (Å²) in [7, 11) is 1.46. The van der Waals surface area contributed by atoms with Gasteiger partial charge in [0.1, 0.15) is 19.3 Å². The number of nitrogens with one attached hydrogen (secondary N) is 1. The molecule has 0 aromatic carbocycles. The van der Waals surface area contributed by atoms with Crippen LogP contribution in [0.4, 0.5) is 0 Å². The van der Waals surface area contributed by atoms with Crippen molar-refractivity contribution in [1.82, 2.24) is 5.32 Å². The van der Waals surface area contributed by atoms with Crippen molar-refractivity contribution in [1.29, 1.82) is 0 Å². The van der Waals surface area contributed by atoms with Gasteiger partial charge in [-0.15, -0.1) is 0 Å². The van der Waals surface area contributed by atoms with E-state index in [0.29, 0.717) is 23.9 Å². The lowest BCUT2D eigenvalue weighted by Gasteiger charge is -2.27. The first-order valence-corrected chi connectivity index (χ1v) is 35.4. The highest BCUT2D eigenvalue weighted by molar-refractivity contribution is 7.47. The highest BCUT2D eigenvalue weighted by atomic mass is 31.2. The summed E-state index contributed by atoms with van der Waals surface area (Å²) in [6, 6.07) is -0.875. The van der Waals surface area contributed by atoms with Crippen LogP contribution in [0.15, 0.2) is 122 Å². The molecule has 0 bridgehead atoms. The Bertz CT molecular complexity index is 1830. The number of ether oxygens (including phenoxy) is 1. The number of hydrogen-bond acceptors (Lipinski definition) is 6. The molecule has 3 atom stereocenters. The predicted molar refractivity (Wildman–Crippen MR) is 360 cm³/mol. The van der Waals surface area contributed by atoms with E-state index in [9.17, 15) is 19.0 Å². The monoisotopic (exact) mass is 1180 g/mol. The third-order valence-electron chi connectivity index (χ3n) is 14.4. The standard InChI is InChI=1S/C73H127N2O7P/c1-7-10-13-16-19-22-25-28-30-32-34-35-36-37-38-39-41-42-44-47-50-53-56-59-62-65-72(76)74-70(69-81-83(78,79)80-68-67-75(4,5)6)71(64-61-58-55-52-49-46-27-24-21-18-15-12-9-3)82-73(77)66-63-60-57-54-51-48-45-43-40-33-31-29-26-23-20-17-14-11-8-2/h11,14,19-20,22-23,28-31,34-35,37-38,40,43,48,51,61,64,70-71H,7-10,12-13,15-18,21,24-27,32-33,36,39,41-42,44-47,49-50,52-60,62-63,65-69H2,1-6H3,(H-,74,76,78,79)/p+1/b14-11-,22-19-,23-20-,30-28-,31-29-,35-34-,38-37-,43-40-,51-48-,64-61-. The van der Waals surface area contributed by atoms with Crippen LogP contribution in [0.2, 0.25) is 0 Å². The zero-order chi connectivity index (χ0) is 60.7. The number of nitrogens with zero attached hydrogens (tertiary/aromatic N) is 1. The van der Waals surface area contributed by atoms with Crippen LogP contribution >= 0.6 is 7.82 Å². The molecule has 0 aromatic heterocycles. The van der Waals surface area contributed by atoms with Gasteiger partial charge in [-0.2, -0.15) is 0 Å². The molecule has 9 nitrogen and oxygen atoms in total. The molecule has 0 saturated heterocycles. The van der Waals surface area contributed by atoms with E-state index in [2.05, 4.69) is 135 Å². The summed E-state index contributed by atoms with van der Waals surface area (Å²) in [6.07, 6.45) is 86.3. The first kappa shape index (κ1) is 79.4. The van der Waals surface area contributed by atoms with E-state index in [1.54, 1.807) is 0 Å². The van der Waals surface area contributed by atoms with E-state index >= 15 is 0 Å². The van der Waals surface area contributed by atoms with Crippen LogP contribution in [0, 0.1) is 0 Å². The van der Waals surface area contributed by atoms with Gasteiger partial charge in [-0.25, -0.2) is 4.57 Å². The number of allylic oxidation sites excluding steroid dienone is 19. The largest absolute Gasteiger partial charge is 0.472 e. The Morgan fingerprint density at radius 2 is 0.771 bits per heavy atom. The third-order valence-corrected chi connectivity index (χ3v) is 15.4. The van der Waals surface area contributed by atoms with Gasteiger partial charge in [-0.3, -0.25) is 18.6 Å². The number of amides is 1. The van der Waals surface area contributed by atoms with Crippen molar-refractivity contribution in [3.63, 3.8) is 0 Å². The lowest BCUT2D eigenvalue weighted by molar-refractivity contribution is -0.870. The molecule has 0 fully saturated rings. The van der Waals surface area contributed by atoms with E-state index in [1.165, 1.54) is 116 Å². The number of likely N-dealkylation sites (N-methyl/N-ethyl adjacent to an activating group) is 1. The van der Waals surface area contributed by atoms with E-state index < -0.39 is 20.0 Å². The fraction of sp³-hybridized carbons (Fsp3) is 0.699. The van der Waals surface area contributed by atoms with E-state index in [0.717, 1.165) is 122 Å². The van der Waals surface area contributed by atoms with Crippen molar-refractivity contribution < 1.29 is 37.3 Å². The van der Waals surface area contributed by atoms with Crippen molar-refractivity contribution in [2.24, 2.45) is 0 Å². The van der Waals surface area contributed by atoms with Gasteiger partial charge in [0.2, 0.25) is 5.91 Å². The Labute approximate surface area is 512 Å². The topological polar surface area (TPSA) is 111 Å². The number of quaternary nitrogens is 1. The van der Waals surface area contributed by atoms with Crippen molar-refractivity contribution in [2.75, 3.05) is 40.9 Å². The number of esters is 1. The SMILES string of the molecule is CC/C=C\C/C=C\C/C=C\C/C=C\C/C=C\CCCCCC(=O)OC(/C=C\CCCCCCCCCCCCC)C(COP(=O)(O)OCC[N+](C)(C)C)NC(=O)CCCCCCCCCCC/C=C\C/C=C\C/C=C\C/C=C\CCCCC. The Balaban J connectivity index is 5.24. The maximum Gasteiger partial charge on any atom is 0.472 e. The summed E-state index contributed by atoms with van der Waals surface area (Å²) in [6.45, 7) is 6.85. The second-order valence-electron chi connectivity index (χ2n) is 23.6. The fourth-order valence-electron chi connectivity index (χ4n) is 9.19. The van der Waals surface area contributed by atoms with Gasteiger partial charge in [0.05, 0.1) is 33.8 Å². The normalized spacial score (nSPS) is 14.3. The highest BCUT2D eigenvalue weighted by Gasteiger charge is 2.30. The van der Waals surface area contributed by atoms with Crippen LogP contribution in [0.25, 0.3) is 0 Å². The van der Waals surface area contributed by atoms with Crippen molar-refractivity contribution in [2.45, 2.75) is 290 Å². The van der Waals surface area contributed by atoms with Crippen molar-refractivity contribution >= 4 is 19.7 Å². The van der Waals surface area contributed by atoms with Crippen LogP contribution in [0.5, 0.6) is 0 Å². The first-order valence-electron chi connectivity index (χ1n) is 33.9. The maximum atomic E-state index is 13.6. The Kier molecular flexibility index (Phi) is 58.8. The number of phosphoric acid groups is 1. The number of hydrogen-bond donors (Lipinski definition) is 2.